The first-order chi connectivity index (χ1) is 10.2. The van der Waals surface area contributed by atoms with Crippen LogP contribution in [0.1, 0.15) is 45.6 Å². The predicted molar refractivity (Wildman–Crippen MR) is 86.4 cm³/mol. The van der Waals surface area contributed by atoms with Gasteiger partial charge in [0.05, 0.1) is 0 Å². The molecule has 1 unspecified atom stereocenters. The zero-order valence-corrected chi connectivity index (χ0v) is 13.4. The number of benzene rings is 1. The second kappa shape index (κ2) is 10.2. The first-order valence-corrected chi connectivity index (χ1v) is 7.91. The van der Waals surface area contributed by atoms with Gasteiger partial charge in [0, 0.05) is 13.1 Å². The normalized spacial score (nSPS) is 12.0. The summed E-state index contributed by atoms with van der Waals surface area (Å²) in [6, 6.07) is 7.86. The molecule has 0 radical (unpaired) electrons. The van der Waals surface area contributed by atoms with Crippen LogP contribution in [0, 0.1) is 0 Å². The fourth-order valence-corrected chi connectivity index (χ4v) is 1.94. The van der Waals surface area contributed by atoms with Gasteiger partial charge in [0.15, 0.2) is 6.10 Å². The first-order valence-electron chi connectivity index (χ1n) is 7.91. The Kier molecular flexibility index (Phi) is 8.51. The van der Waals surface area contributed by atoms with Gasteiger partial charge in [0.1, 0.15) is 5.75 Å². The van der Waals surface area contributed by atoms with Crippen LogP contribution in [0.2, 0.25) is 0 Å². The number of unbranched alkanes of at least 4 members (excludes halogenated alkanes) is 2. The lowest BCUT2D eigenvalue weighted by molar-refractivity contribution is -0.127. The third-order valence-corrected chi connectivity index (χ3v) is 3.26. The quantitative estimate of drug-likeness (QED) is 0.652. The third kappa shape index (κ3) is 7.14. The van der Waals surface area contributed by atoms with Crippen molar-refractivity contribution in [1.29, 1.82) is 0 Å². The molecule has 0 aliphatic rings. The Morgan fingerprint density at radius 1 is 1.19 bits per heavy atom. The largest absolute Gasteiger partial charge is 0.481 e. The van der Waals surface area contributed by atoms with E-state index < -0.39 is 6.10 Å². The fraction of sp³-hybridized carbons (Fsp3) is 0.588. The highest BCUT2D eigenvalue weighted by molar-refractivity contribution is 5.80. The van der Waals surface area contributed by atoms with Crippen molar-refractivity contribution in [2.75, 3.05) is 13.1 Å². The lowest BCUT2D eigenvalue weighted by Crippen LogP contribution is -2.36. The number of carbonyl (C=O) groups excluding carboxylic acids is 1. The summed E-state index contributed by atoms with van der Waals surface area (Å²) in [6.45, 7) is 8.53. The van der Waals surface area contributed by atoms with Crippen molar-refractivity contribution in [1.82, 2.24) is 10.6 Å². The molecule has 0 spiro atoms. The van der Waals surface area contributed by atoms with Crippen LogP contribution in [-0.4, -0.2) is 25.1 Å². The van der Waals surface area contributed by atoms with Crippen LogP contribution in [0.3, 0.4) is 0 Å². The Hall–Kier alpha value is -1.55. The van der Waals surface area contributed by atoms with E-state index in [0.29, 0.717) is 0 Å². The molecule has 0 bridgehead atoms. The second-order valence-corrected chi connectivity index (χ2v) is 5.18. The molecule has 0 aliphatic carbocycles. The molecule has 0 aromatic heterocycles. The van der Waals surface area contributed by atoms with Crippen molar-refractivity contribution in [3.8, 4) is 5.75 Å². The van der Waals surface area contributed by atoms with E-state index in [1.807, 2.05) is 24.3 Å². The number of rotatable bonds is 10. The summed E-state index contributed by atoms with van der Waals surface area (Å²) in [5.41, 5.74) is 1.21. The number of ether oxygens (including phenoxy) is 1. The van der Waals surface area contributed by atoms with Crippen molar-refractivity contribution in [2.24, 2.45) is 0 Å². The molecule has 1 rings (SSSR count). The molecule has 0 heterocycles. The van der Waals surface area contributed by atoms with E-state index in [4.69, 9.17) is 4.74 Å². The van der Waals surface area contributed by atoms with Crippen molar-refractivity contribution in [2.45, 2.75) is 52.7 Å². The van der Waals surface area contributed by atoms with E-state index in [-0.39, 0.29) is 5.91 Å². The predicted octanol–water partition coefficient (Wildman–Crippen LogP) is 2.87. The molecular weight excluding hydrogens is 264 g/mol. The molecule has 1 atom stereocenters. The maximum absolute atomic E-state index is 11.9. The molecule has 1 aromatic carbocycles. The Labute approximate surface area is 128 Å². The molecule has 4 nitrogen and oxygen atoms in total. The molecule has 4 heteroatoms. The highest BCUT2D eigenvalue weighted by atomic mass is 16.5. The summed E-state index contributed by atoms with van der Waals surface area (Å²) >= 11 is 0. The molecule has 0 fully saturated rings. The number of amides is 1. The van der Waals surface area contributed by atoms with Crippen LogP contribution >= 0.6 is 0 Å². The highest BCUT2D eigenvalue weighted by Gasteiger charge is 2.13. The summed E-state index contributed by atoms with van der Waals surface area (Å²) in [5.74, 6) is 0.675. The van der Waals surface area contributed by atoms with Gasteiger partial charge < -0.3 is 15.4 Å². The van der Waals surface area contributed by atoms with E-state index in [1.54, 1.807) is 6.92 Å². The molecular formula is C17H28N2O2. The van der Waals surface area contributed by atoms with Gasteiger partial charge in [-0.2, -0.15) is 0 Å². The minimum atomic E-state index is -0.466. The number of hydrogen-bond acceptors (Lipinski definition) is 3. The highest BCUT2D eigenvalue weighted by Crippen LogP contribution is 2.14. The molecule has 2 N–H and O–H groups in total. The Morgan fingerprint density at radius 2 is 1.90 bits per heavy atom. The van der Waals surface area contributed by atoms with Crippen LogP contribution < -0.4 is 15.4 Å². The van der Waals surface area contributed by atoms with Gasteiger partial charge in [0.25, 0.3) is 5.91 Å². The Morgan fingerprint density at radius 3 is 2.52 bits per heavy atom. The van der Waals surface area contributed by atoms with Crippen LogP contribution in [0.15, 0.2) is 24.3 Å². The number of nitrogens with one attached hydrogen (secondary N) is 2. The molecule has 1 amide bonds. The van der Waals surface area contributed by atoms with Crippen LogP contribution in [0.25, 0.3) is 0 Å². The number of hydrogen-bond donors (Lipinski definition) is 2. The topological polar surface area (TPSA) is 50.4 Å². The van der Waals surface area contributed by atoms with Gasteiger partial charge in [-0.05, 0) is 37.6 Å². The molecule has 0 saturated heterocycles. The van der Waals surface area contributed by atoms with E-state index in [2.05, 4.69) is 24.5 Å². The molecule has 118 valence electrons. The van der Waals surface area contributed by atoms with Gasteiger partial charge >= 0.3 is 0 Å². The Bertz CT molecular complexity index is 404. The van der Waals surface area contributed by atoms with E-state index in [0.717, 1.165) is 44.6 Å². The lowest BCUT2D eigenvalue weighted by atomic mass is 10.2. The monoisotopic (exact) mass is 292 g/mol. The van der Waals surface area contributed by atoms with Crippen molar-refractivity contribution in [3.05, 3.63) is 29.8 Å². The zero-order chi connectivity index (χ0) is 15.5. The van der Waals surface area contributed by atoms with Crippen molar-refractivity contribution >= 4 is 5.91 Å². The SMILES string of the molecule is CCCCCNC(=O)C(C)Oc1ccc(CNCC)cc1. The average Bonchev–Trinajstić information content (AvgIpc) is 2.50. The van der Waals surface area contributed by atoms with E-state index >= 15 is 0 Å². The smallest absolute Gasteiger partial charge is 0.260 e. The van der Waals surface area contributed by atoms with Crippen molar-refractivity contribution in [3.63, 3.8) is 0 Å². The van der Waals surface area contributed by atoms with Gasteiger partial charge in [-0.25, -0.2) is 0 Å². The van der Waals surface area contributed by atoms with Gasteiger partial charge in [-0.15, -0.1) is 0 Å². The van der Waals surface area contributed by atoms with Crippen LogP contribution in [-0.2, 0) is 11.3 Å². The maximum Gasteiger partial charge on any atom is 0.260 e. The summed E-state index contributed by atoms with van der Waals surface area (Å²) < 4.78 is 5.66. The third-order valence-electron chi connectivity index (χ3n) is 3.26. The van der Waals surface area contributed by atoms with Gasteiger partial charge in [-0.1, -0.05) is 38.8 Å². The second-order valence-electron chi connectivity index (χ2n) is 5.18. The Balaban J connectivity index is 2.35. The maximum atomic E-state index is 11.9. The molecule has 21 heavy (non-hydrogen) atoms. The standard InChI is InChI=1S/C17H28N2O2/c1-4-6-7-12-19-17(20)14(3)21-16-10-8-15(9-11-16)13-18-5-2/h8-11,14,18H,4-7,12-13H2,1-3H3,(H,19,20). The minimum Gasteiger partial charge on any atom is -0.481 e. The first kappa shape index (κ1) is 17.5. The van der Waals surface area contributed by atoms with E-state index in [9.17, 15) is 4.79 Å². The van der Waals surface area contributed by atoms with Gasteiger partial charge in [-0.3, -0.25) is 4.79 Å². The summed E-state index contributed by atoms with van der Waals surface area (Å²) in [4.78, 5) is 11.9. The van der Waals surface area contributed by atoms with Gasteiger partial charge in [0.2, 0.25) is 0 Å². The molecule has 1 aromatic rings. The molecule has 0 aliphatic heterocycles. The minimum absolute atomic E-state index is 0.0529. The lowest BCUT2D eigenvalue weighted by Gasteiger charge is -2.15. The average molecular weight is 292 g/mol. The fourth-order valence-electron chi connectivity index (χ4n) is 1.94. The number of carbonyl (C=O) groups is 1. The summed E-state index contributed by atoms with van der Waals surface area (Å²) in [6.07, 6.45) is 2.85. The van der Waals surface area contributed by atoms with Crippen LogP contribution in [0.4, 0.5) is 0 Å². The van der Waals surface area contributed by atoms with Crippen molar-refractivity contribution < 1.29 is 9.53 Å². The van der Waals surface area contributed by atoms with Crippen LogP contribution in [0.5, 0.6) is 5.75 Å². The molecule has 0 saturated carbocycles. The van der Waals surface area contributed by atoms with E-state index in [1.165, 1.54) is 5.56 Å². The summed E-state index contributed by atoms with van der Waals surface area (Å²) in [7, 11) is 0. The summed E-state index contributed by atoms with van der Waals surface area (Å²) in [5, 5.41) is 6.17. The zero-order valence-electron chi connectivity index (χ0n) is 13.4.